The molecule has 2 heterocycles. The molecule has 3 aromatic rings. The summed E-state index contributed by atoms with van der Waals surface area (Å²) in [4.78, 5) is 29.8. The summed E-state index contributed by atoms with van der Waals surface area (Å²) in [6, 6.07) is 19.5. The number of hydrogen-bond acceptors (Lipinski definition) is 5. The van der Waals surface area contributed by atoms with Crippen molar-refractivity contribution in [3.05, 3.63) is 76.5 Å². The van der Waals surface area contributed by atoms with Gasteiger partial charge in [-0.15, -0.1) is 11.3 Å². The van der Waals surface area contributed by atoms with Gasteiger partial charge in [0.2, 0.25) is 0 Å². The molecule has 0 saturated carbocycles. The number of carbonyl (C=O) groups is 2. The van der Waals surface area contributed by atoms with Gasteiger partial charge < -0.3 is 19.9 Å². The first-order valence-electron chi connectivity index (χ1n) is 11.7. The van der Waals surface area contributed by atoms with Gasteiger partial charge in [0.1, 0.15) is 5.75 Å². The maximum atomic E-state index is 12.5. The third kappa shape index (κ3) is 5.97. The highest BCUT2D eigenvalue weighted by molar-refractivity contribution is 7.12. The van der Waals surface area contributed by atoms with Crippen LogP contribution < -0.4 is 15.0 Å². The minimum atomic E-state index is -0.195. The zero-order valence-electron chi connectivity index (χ0n) is 19.7. The summed E-state index contributed by atoms with van der Waals surface area (Å²) in [6.07, 6.45) is 1.09. The Labute approximate surface area is 205 Å². The van der Waals surface area contributed by atoms with E-state index in [0.29, 0.717) is 24.8 Å². The molecule has 0 bridgehead atoms. The molecule has 2 aromatic carbocycles. The van der Waals surface area contributed by atoms with Crippen molar-refractivity contribution < 1.29 is 14.3 Å². The number of anilines is 2. The van der Waals surface area contributed by atoms with Crippen molar-refractivity contribution in [2.45, 2.75) is 26.2 Å². The van der Waals surface area contributed by atoms with Crippen molar-refractivity contribution >= 4 is 34.5 Å². The van der Waals surface area contributed by atoms with Gasteiger partial charge in [0.05, 0.1) is 4.88 Å². The number of benzene rings is 2. The van der Waals surface area contributed by atoms with Crippen LogP contribution in [0.4, 0.5) is 11.4 Å². The minimum Gasteiger partial charge on any atom is -0.484 e. The number of rotatable bonds is 8. The van der Waals surface area contributed by atoms with Crippen LogP contribution in [0.25, 0.3) is 0 Å². The van der Waals surface area contributed by atoms with Crippen LogP contribution in [0, 0.1) is 0 Å². The summed E-state index contributed by atoms with van der Waals surface area (Å²) in [5, 5.41) is 4.82. The van der Waals surface area contributed by atoms with E-state index in [9.17, 15) is 9.59 Å². The second kappa shape index (κ2) is 11.2. The molecule has 1 aliphatic rings. The molecule has 1 N–H and O–H groups in total. The lowest BCUT2D eigenvalue weighted by Gasteiger charge is -2.36. The Morgan fingerprint density at radius 2 is 1.71 bits per heavy atom. The Balaban J connectivity index is 1.23. The molecule has 0 unspecified atom stereocenters. The number of hydrogen-bond donors (Lipinski definition) is 1. The van der Waals surface area contributed by atoms with Crippen molar-refractivity contribution in [3.63, 3.8) is 0 Å². The summed E-state index contributed by atoms with van der Waals surface area (Å²) < 4.78 is 5.63. The van der Waals surface area contributed by atoms with Crippen LogP contribution in [0.1, 0.15) is 41.4 Å². The highest BCUT2D eigenvalue weighted by Crippen LogP contribution is 2.23. The van der Waals surface area contributed by atoms with E-state index in [1.165, 1.54) is 16.9 Å². The Kier molecular flexibility index (Phi) is 7.85. The van der Waals surface area contributed by atoms with E-state index >= 15 is 0 Å². The standard InChI is InChI=1S/C27H31N3O3S/c1-3-20(2)21-6-12-24(13-7-21)33-19-26(31)28-22-8-10-23(11-9-22)29-14-16-30(17-15-29)27(32)25-5-4-18-34-25/h4-13,18,20H,3,14-17,19H2,1-2H3,(H,28,31)/t20-/m0/s1. The van der Waals surface area contributed by atoms with Gasteiger partial charge in [0.15, 0.2) is 6.61 Å². The Morgan fingerprint density at radius 1 is 1.00 bits per heavy atom. The van der Waals surface area contributed by atoms with Gasteiger partial charge in [-0.2, -0.15) is 0 Å². The van der Waals surface area contributed by atoms with Crippen LogP contribution in [-0.4, -0.2) is 49.5 Å². The summed E-state index contributed by atoms with van der Waals surface area (Å²) >= 11 is 1.48. The molecule has 1 aliphatic heterocycles. The molecule has 1 saturated heterocycles. The molecule has 6 nitrogen and oxygen atoms in total. The van der Waals surface area contributed by atoms with E-state index in [-0.39, 0.29) is 18.4 Å². The lowest BCUT2D eigenvalue weighted by atomic mass is 9.99. The van der Waals surface area contributed by atoms with Gasteiger partial charge in [0.25, 0.3) is 11.8 Å². The number of amides is 2. The summed E-state index contributed by atoms with van der Waals surface area (Å²) in [6.45, 7) is 7.29. The van der Waals surface area contributed by atoms with Crippen molar-refractivity contribution in [1.29, 1.82) is 0 Å². The maximum absolute atomic E-state index is 12.5. The van der Waals surface area contributed by atoms with Gasteiger partial charge in [-0.3, -0.25) is 9.59 Å². The number of ether oxygens (including phenoxy) is 1. The second-order valence-electron chi connectivity index (χ2n) is 8.52. The number of nitrogens with zero attached hydrogens (tertiary/aromatic N) is 2. The van der Waals surface area contributed by atoms with Crippen LogP contribution >= 0.6 is 11.3 Å². The minimum absolute atomic E-state index is 0.0370. The number of piperazine rings is 1. The van der Waals surface area contributed by atoms with Gasteiger partial charge >= 0.3 is 0 Å². The summed E-state index contributed by atoms with van der Waals surface area (Å²) in [5.41, 5.74) is 3.09. The third-order valence-corrected chi connectivity index (χ3v) is 7.10. The molecule has 4 rings (SSSR count). The van der Waals surface area contributed by atoms with E-state index in [0.717, 1.165) is 35.8 Å². The molecule has 7 heteroatoms. The zero-order chi connectivity index (χ0) is 23.9. The fourth-order valence-electron chi connectivity index (χ4n) is 3.95. The van der Waals surface area contributed by atoms with E-state index in [4.69, 9.17) is 4.74 Å². The van der Waals surface area contributed by atoms with Gasteiger partial charge in [-0.25, -0.2) is 0 Å². The summed E-state index contributed by atoms with van der Waals surface area (Å²) in [5.74, 6) is 1.12. The average molecular weight is 478 g/mol. The number of carbonyl (C=O) groups excluding carboxylic acids is 2. The first kappa shape index (κ1) is 23.8. The quantitative estimate of drug-likeness (QED) is 0.482. The molecule has 0 spiro atoms. The van der Waals surface area contributed by atoms with Gasteiger partial charge in [-0.1, -0.05) is 32.0 Å². The Bertz CT molecular complexity index is 1070. The van der Waals surface area contributed by atoms with Gasteiger partial charge in [-0.05, 0) is 65.7 Å². The van der Waals surface area contributed by atoms with Crippen LogP contribution in [0.2, 0.25) is 0 Å². The van der Waals surface area contributed by atoms with E-state index in [1.54, 1.807) is 0 Å². The lowest BCUT2D eigenvalue weighted by Crippen LogP contribution is -2.48. The average Bonchev–Trinajstić information content (AvgIpc) is 3.43. The molecule has 2 amide bonds. The van der Waals surface area contributed by atoms with E-state index in [2.05, 4.69) is 36.2 Å². The topological polar surface area (TPSA) is 61.9 Å². The lowest BCUT2D eigenvalue weighted by molar-refractivity contribution is -0.118. The number of nitrogens with one attached hydrogen (secondary N) is 1. The predicted octanol–water partition coefficient (Wildman–Crippen LogP) is 5.24. The van der Waals surface area contributed by atoms with Crippen LogP contribution in [-0.2, 0) is 4.79 Å². The van der Waals surface area contributed by atoms with Crippen LogP contribution in [0.15, 0.2) is 66.0 Å². The molecule has 0 aliphatic carbocycles. The highest BCUT2D eigenvalue weighted by atomic mass is 32.1. The maximum Gasteiger partial charge on any atom is 0.264 e. The normalized spacial score (nSPS) is 14.5. The van der Waals surface area contributed by atoms with Gasteiger partial charge in [0, 0.05) is 37.6 Å². The highest BCUT2D eigenvalue weighted by Gasteiger charge is 2.22. The molecule has 1 atom stereocenters. The summed E-state index contributed by atoms with van der Waals surface area (Å²) in [7, 11) is 0. The first-order chi connectivity index (χ1) is 16.5. The van der Waals surface area contributed by atoms with Crippen molar-refractivity contribution in [1.82, 2.24) is 4.90 Å². The smallest absolute Gasteiger partial charge is 0.264 e. The molecule has 1 fully saturated rings. The van der Waals surface area contributed by atoms with E-state index in [1.807, 2.05) is 58.8 Å². The van der Waals surface area contributed by atoms with Crippen molar-refractivity contribution in [3.8, 4) is 5.75 Å². The monoisotopic (exact) mass is 477 g/mol. The van der Waals surface area contributed by atoms with Crippen LogP contribution in [0.5, 0.6) is 5.75 Å². The molecule has 178 valence electrons. The van der Waals surface area contributed by atoms with Crippen LogP contribution in [0.3, 0.4) is 0 Å². The Hall–Kier alpha value is -3.32. The fourth-order valence-corrected chi connectivity index (χ4v) is 4.64. The molecule has 0 radical (unpaired) electrons. The SMILES string of the molecule is CC[C@H](C)c1ccc(OCC(=O)Nc2ccc(N3CCN(C(=O)c4cccs4)CC3)cc2)cc1. The fraction of sp³-hybridized carbons (Fsp3) is 0.333. The third-order valence-electron chi connectivity index (χ3n) is 6.25. The van der Waals surface area contributed by atoms with Crippen molar-refractivity contribution in [2.75, 3.05) is 43.0 Å². The largest absolute Gasteiger partial charge is 0.484 e. The van der Waals surface area contributed by atoms with E-state index < -0.39 is 0 Å². The second-order valence-corrected chi connectivity index (χ2v) is 9.47. The number of thiophene rings is 1. The predicted molar refractivity (Wildman–Crippen MR) is 138 cm³/mol. The molecular weight excluding hydrogens is 446 g/mol. The molecule has 34 heavy (non-hydrogen) atoms. The molecule has 1 aromatic heterocycles. The molecular formula is C27H31N3O3S. The zero-order valence-corrected chi connectivity index (χ0v) is 20.5. The van der Waals surface area contributed by atoms with Crippen molar-refractivity contribution in [2.24, 2.45) is 0 Å². The first-order valence-corrected chi connectivity index (χ1v) is 12.6. The Morgan fingerprint density at radius 3 is 2.32 bits per heavy atom.